The summed E-state index contributed by atoms with van der Waals surface area (Å²) >= 11 is -2.34. The molecule has 0 radical (unpaired) electrons. The molecule has 0 heterocycles. The van der Waals surface area contributed by atoms with Crippen LogP contribution < -0.4 is 0 Å². The quantitative estimate of drug-likeness (QED) is 0.0815. The first-order valence-electron chi connectivity index (χ1n) is 11.6. The second kappa shape index (κ2) is 17.1. The molecule has 0 saturated heterocycles. The van der Waals surface area contributed by atoms with Gasteiger partial charge in [-0.15, -0.1) is 0 Å². The molecular weight excluding hydrogens is 419 g/mol. The molecule has 0 fully saturated rings. The maximum absolute atomic E-state index is 4.23. The molecule has 1 heteroatoms. The first kappa shape index (κ1) is 26.0. The van der Waals surface area contributed by atoms with Gasteiger partial charge in [-0.05, 0) is 0 Å². The average Bonchev–Trinajstić information content (AvgIpc) is 2.67. The van der Waals surface area contributed by atoms with Crippen molar-refractivity contribution >= 4 is 18.4 Å². The Bertz CT molecular complexity index is 369. The molecule has 0 aliphatic heterocycles. The van der Waals surface area contributed by atoms with Crippen molar-refractivity contribution in [1.29, 1.82) is 0 Å². The van der Waals surface area contributed by atoms with E-state index in [1.807, 2.05) is 3.59 Å². The van der Waals surface area contributed by atoms with Crippen LogP contribution in [0.15, 0.2) is 34.5 Å². The Hall–Kier alpha value is 0.0187. The van der Waals surface area contributed by atoms with Gasteiger partial charge in [0.2, 0.25) is 0 Å². The molecule has 0 unspecified atom stereocenters. The van der Waals surface area contributed by atoms with Crippen LogP contribution in [0, 0.1) is 0 Å². The third-order valence-corrected chi connectivity index (χ3v) is 22.5. The minimum atomic E-state index is -2.34. The molecule has 0 aromatic carbocycles. The summed E-state index contributed by atoms with van der Waals surface area (Å²) in [5.41, 5.74) is 1.58. The van der Waals surface area contributed by atoms with E-state index in [4.69, 9.17) is 0 Å². The molecule has 0 bridgehead atoms. The van der Waals surface area contributed by atoms with E-state index < -0.39 is 18.4 Å². The molecule has 0 rings (SSSR count). The molecule has 0 spiro atoms. The SMILES string of the molecule is C=CC/C(C=C)=[C](\CCCCCC)[Sn]([CH2]CCC)([CH2]CCC)[CH2]CCC. The molecule has 0 aromatic rings. The zero-order valence-corrected chi connectivity index (χ0v) is 21.5. The van der Waals surface area contributed by atoms with Gasteiger partial charge in [0.05, 0.1) is 0 Å². The Morgan fingerprint density at radius 1 is 0.692 bits per heavy atom. The summed E-state index contributed by atoms with van der Waals surface area (Å²) in [4.78, 5) is 0. The fourth-order valence-electron chi connectivity index (χ4n) is 4.35. The number of unbranched alkanes of at least 4 members (excludes halogenated alkanes) is 6. The third kappa shape index (κ3) is 9.81. The van der Waals surface area contributed by atoms with Crippen LogP contribution in [-0.2, 0) is 0 Å². The van der Waals surface area contributed by atoms with Crippen LogP contribution in [0.4, 0.5) is 0 Å². The first-order valence-corrected chi connectivity index (χ1v) is 19.1. The summed E-state index contributed by atoms with van der Waals surface area (Å²) < 4.78 is 6.68. The molecule has 0 amide bonds. The van der Waals surface area contributed by atoms with Gasteiger partial charge in [0.1, 0.15) is 0 Å². The summed E-state index contributed by atoms with van der Waals surface area (Å²) in [6, 6.07) is 0. The van der Waals surface area contributed by atoms with Crippen LogP contribution >= 0.6 is 0 Å². The van der Waals surface area contributed by atoms with E-state index in [0.717, 1.165) is 6.42 Å². The Balaban J connectivity index is 5.86. The number of hydrogen-bond donors (Lipinski definition) is 0. The van der Waals surface area contributed by atoms with Crippen LogP contribution in [0.2, 0.25) is 13.3 Å². The predicted molar refractivity (Wildman–Crippen MR) is 126 cm³/mol. The van der Waals surface area contributed by atoms with E-state index >= 15 is 0 Å². The summed E-state index contributed by atoms with van der Waals surface area (Å²) in [7, 11) is 0. The molecule has 0 aromatic heterocycles. The van der Waals surface area contributed by atoms with Crippen LogP contribution in [0.5, 0.6) is 0 Å². The molecule has 0 saturated carbocycles. The van der Waals surface area contributed by atoms with Gasteiger partial charge < -0.3 is 0 Å². The van der Waals surface area contributed by atoms with Crippen molar-refractivity contribution in [2.24, 2.45) is 0 Å². The van der Waals surface area contributed by atoms with Crippen molar-refractivity contribution in [2.75, 3.05) is 0 Å². The van der Waals surface area contributed by atoms with E-state index in [1.165, 1.54) is 70.6 Å². The standard InChI is InChI=1S/C13H21.3C4H9.Sn/c1-4-7-8-9-10-12-13(6-3)11-5-2;3*1-3-4-2;/h5-6H,2-4,7-11H2,1H3;3*1,3-4H2,2H3;. The van der Waals surface area contributed by atoms with Crippen LogP contribution in [0.3, 0.4) is 0 Å². The second-order valence-electron chi connectivity index (χ2n) is 8.10. The van der Waals surface area contributed by atoms with Crippen LogP contribution in [0.1, 0.15) is 105 Å². The van der Waals surface area contributed by atoms with Gasteiger partial charge in [0, 0.05) is 0 Å². The second-order valence-corrected chi connectivity index (χ2v) is 21.4. The summed E-state index contributed by atoms with van der Waals surface area (Å²) in [6.07, 6.45) is 20.6. The average molecular weight is 467 g/mol. The number of hydrogen-bond acceptors (Lipinski definition) is 0. The maximum atomic E-state index is 4.23. The van der Waals surface area contributed by atoms with Crippen molar-refractivity contribution < 1.29 is 0 Å². The Morgan fingerprint density at radius 3 is 1.58 bits per heavy atom. The van der Waals surface area contributed by atoms with Gasteiger partial charge in [0.25, 0.3) is 0 Å². The van der Waals surface area contributed by atoms with Crippen LogP contribution in [0.25, 0.3) is 0 Å². The van der Waals surface area contributed by atoms with Gasteiger partial charge in [0.15, 0.2) is 0 Å². The topological polar surface area (TPSA) is 0 Å². The normalized spacial score (nSPS) is 12.8. The van der Waals surface area contributed by atoms with E-state index in [9.17, 15) is 0 Å². The minimum absolute atomic E-state index is 1.04. The molecular formula is C25H48Sn. The zero-order valence-electron chi connectivity index (χ0n) is 18.7. The molecule has 0 N–H and O–H groups in total. The third-order valence-electron chi connectivity index (χ3n) is 5.95. The summed E-state index contributed by atoms with van der Waals surface area (Å²) in [6.45, 7) is 17.7. The zero-order chi connectivity index (χ0) is 19.7. The monoisotopic (exact) mass is 468 g/mol. The molecule has 0 aliphatic carbocycles. The van der Waals surface area contributed by atoms with Gasteiger partial charge in [-0.3, -0.25) is 0 Å². The molecule has 26 heavy (non-hydrogen) atoms. The van der Waals surface area contributed by atoms with E-state index in [-0.39, 0.29) is 0 Å². The van der Waals surface area contributed by atoms with E-state index in [2.05, 4.69) is 53.0 Å². The van der Waals surface area contributed by atoms with Crippen molar-refractivity contribution in [3.63, 3.8) is 0 Å². The van der Waals surface area contributed by atoms with Gasteiger partial charge >= 0.3 is 171 Å². The van der Waals surface area contributed by atoms with Crippen molar-refractivity contribution in [3.8, 4) is 0 Å². The Morgan fingerprint density at radius 2 is 1.19 bits per heavy atom. The van der Waals surface area contributed by atoms with Gasteiger partial charge in [-0.1, -0.05) is 0 Å². The molecule has 0 nitrogen and oxygen atoms in total. The van der Waals surface area contributed by atoms with Gasteiger partial charge in [-0.25, -0.2) is 0 Å². The molecule has 152 valence electrons. The summed E-state index contributed by atoms with van der Waals surface area (Å²) in [5.74, 6) is 0. The first-order chi connectivity index (χ1) is 12.7. The van der Waals surface area contributed by atoms with E-state index in [1.54, 1.807) is 18.9 Å². The van der Waals surface area contributed by atoms with Gasteiger partial charge in [-0.2, -0.15) is 0 Å². The predicted octanol–water partition coefficient (Wildman–Crippen LogP) is 9.40. The fourth-order valence-corrected chi connectivity index (χ4v) is 22.4. The van der Waals surface area contributed by atoms with E-state index in [0.29, 0.717) is 0 Å². The fraction of sp³-hybridized carbons (Fsp3) is 0.760. The molecule has 0 atom stereocenters. The number of allylic oxidation sites excluding steroid dienone is 4. The van der Waals surface area contributed by atoms with Crippen molar-refractivity contribution in [3.05, 3.63) is 34.5 Å². The Kier molecular flexibility index (Phi) is 17.2. The van der Waals surface area contributed by atoms with Crippen molar-refractivity contribution in [1.82, 2.24) is 0 Å². The molecule has 0 aliphatic rings. The van der Waals surface area contributed by atoms with Crippen LogP contribution in [-0.4, -0.2) is 18.4 Å². The number of rotatable bonds is 18. The van der Waals surface area contributed by atoms with Crippen molar-refractivity contribution in [2.45, 2.75) is 118 Å². The summed E-state index contributed by atoms with van der Waals surface area (Å²) in [5, 5.41) is 0. The Labute approximate surface area is 170 Å².